The van der Waals surface area contributed by atoms with Crippen LogP contribution in [-0.2, 0) is 11.3 Å². The van der Waals surface area contributed by atoms with Gasteiger partial charge in [-0.1, -0.05) is 0 Å². The van der Waals surface area contributed by atoms with Gasteiger partial charge in [0, 0.05) is 37.4 Å². The average molecular weight is 248 g/mol. The number of hydrogen-bond donors (Lipinski definition) is 1. The first kappa shape index (κ1) is 11.9. The highest BCUT2D eigenvalue weighted by Crippen LogP contribution is 2.20. The van der Waals surface area contributed by atoms with E-state index in [1.54, 1.807) is 0 Å². The van der Waals surface area contributed by atoms with Gasteiger partial charge in [-0.15, -0.1) is 0 Å². The Bertz CT molecular complexity index is 387. The van der Waals surface area contributed by atoms with Crippen LogP contribution in [0.4, 0.5) is 0 Å². The molecule has 1 saturated heterocycles. The van der Waals surface area contributed by atoms with Crippen molar-refractivity contribution < 1.29 is 9.47 Å². The van der Waals surface area contributed by atoms with Gasteiger partial charge in [-0.2, -0.15) is 0 Å². The maximum atomic E-state index is 5.81. The van der Waals surface area contributed by atoms with E-state index < -0.39 is 0 Å². The highest BCUT2D eigenvalue weighted by atomic mass is 16.5. The monoisotopic (exact) mass is 248 g/mol. The molecule has 98 valence electrons. The first-order valence-corrected chi connectivity index (χ1v) is 6.79. The van der Waals surface area contributed by atoms with Gasteiger partial charge in [-0.05, 0) is 25.3 Å². The first-order valence-electron chi connectivity index (χ1n) is 6.79. The van der Waals surface area contributed by atoms with Crippen LogP contribution in [0.5, 0.6) is 5.75 Å². The summed E-state index contributed by atoms with van der Waals surface area (Å²) in [6.07, 6.45) is 5.54. The van der Waals surface area contributed by atoms with Crippen LogP contribution in [0.3, 0.4) is 0 Å². The van der Waals surface area contributed by atoms with Gasteiger partial charge in [0.05, 0.1) is 18.9 Å². The molecule has 1 unspecified atom stereocenters. The van der Waals surface area contributed by atoms with Crippen molar-refractivity contribution in [3.8, 4) is 5.75 Å². The summed E-state index contributed by atoms with van der Waals surface area (Å²) < 4.78 is 11.1. The maximum Gasteiger partial charge on any atom is 0.122 e. The molecule has 18 heavy (non-hydrogen) atoms. The Balaban J connectivity index is 1.49. The van der Waals surface area contributed by atoms with Gasteiger partial charge in [0.1, 0.15) is 5.75 Å². The number of nitrogens with one attached hydrogen (secondary N) is 1. The Morgan fingerprint density at radius 2 is 2.33 bits per heavy atom. The summed E-state index contributed by atoms with van der Waals surface area (Å²) in [5.74, 6) is 1.47. The van der Waals surface area contributed by atoms with Crippen molar-refractivity contribution in [1.29, 1.82) is 0 Å². The van der Waals surface area contributed by atoms with Crippen molar-refractivity contribution in [2.24, 2.45) is 5.92 Å². The van der Waals surface area contributed by atoms with Crippen molar-refractivity contribution >= 4 is 0 Å². The third-order valence-corrected chi connectivity index (χ3v) is 3.45. The zero-order valence-corrected chi connectivity index (χ0v) is 10.6. The van der Waals surface area contributed by atoms with E-state index in [2.05, 4.69) is 10.3 Å². The summed E-state index contributed by atoms with van der Waals surface area (Å²) in [6.45, 7) is 3.30. The summed E-state index contributed by atoms with van der Waals surface area (Å²) in [5, 5.41) is 3.46. The van der Waals surface area contributed by atoms with Crippen molar-refractivity contribution in [2.75, 3.05) is 19.8 Å². The molecule has 3 rings (SSSR count). The minimum absolute atomic E-state index is 0.547. The Hall–Kier alpha value is -1.13. The van der Waals surface area contributed by atoms with Gasteiger partial charge in [0.2, 0.25) is 0 Å². The fraction of sp³-hybridized carbons (Fsp3) is 0.643. The van der Waals surface area contributed by atoms with E-state index in [9.17, 15) is 0 Å². The Kier molecular flexibility index (Phi) is 3.76. The molecule has 0 spiro atoms. The molecule has 0 aromatic carbocycles. The predicted molar refractivity (Wildman–Crippen MR) is 68.5 cm³/mol. The van der Waals surface area contributed by atoms with E-state index >= 15 is 0 Å². The minimum atomic E-state index is 0.547. The number of ether oxygens (including phenoxy) is 2. The quantitative estimate of drug-likeness (QED) is 0.833. The van der Waals surface area contributed by atoms with Crippen LogP contribution in [-0.4, -0.2) is 30.8 Å². The maximum absolute atomic E-state index is 5.81. The van der Waals surface area contributed by atoms with Crippen molar-refractivity contribution in [2.45, 2.75) is 31.8 Å². The minimum Gasteiger partial charge on any atom is -0.493 e. The van der Waals surface area contributed by atoms with Crippen LogP contribution in [0, 0.1) is 5.92 Å². The van der Waals surface area contributed by atoms with Gasteiger partial charge >= 0.3 is 0 Å². The molecule has 0 radical (unpaired) electrons. The predicted octanol–water partition coefficient (Wildman–Crippen LogP) is 1.75. The van der Waals surface area contributed by atoms with Gasteiger partial charge < -0.3 is 14.8 Å². The smallest absolute Gasteiger partial charge is 0.122 e. The molecular formula is C14H20N2O2. The molecule has 2 heterocycles. The molecular weight excluding hydrogens is 228 g/mol. The van der Waals surface area contributed by atoms with Gasteiger partial charge in [0.25, 0.3) is 0 Å². The van der Waals surface area contributed by atoms with Crippen molar-refractivity contribution in [3.05, 3.63) is 24.0 Å². The highest BCUT2D eigenvalue weighted by molar-refractivity contribution is 5.22. The zero-order valence-electron chi connectivity index (χ0n) is 10.6. The Morgan fingerprint density at radius 1 is 1.39 bits per heavy atom. The number of nitrogens with zero attached hydrogens (tertiary/aromatic N) is 1. The molecule has 1 atom stereocenters. The Morgan fingerprint density at radius 3 is 3.11 bits per heavy atom. The van der Waals surface area contributed by atoms with Crippen molar-refractivity contribution in [3.63, 3.8) is 0 Å². The zero-order chi connectivity index (χ0) is 12.2. The summed E-state index contributed by atoms with van der Waals surface area (Å²) in [7, 11) is 0. The van der Waals surface area contributed by atoms with Gasteiger partial charge in [-0.25, -0.2) is 0 Å². The third-order valence-electron chi connectivity index (χ3n) is 3.45. The van der Waals surface area contributed by atoms with E-state index in [-0.39, 0.29) is 0 Å². The molecule has 1 aliphatic carbocycles. The first-order chi connectivity index (χ1) is 8.90. The van der Waals surface area contributed by atoms with Crippen LogP contribution >= 0.6 is 0 Å². The standard InChI is InChI=1S/C14H20N2O2/c1-2-12(1)16-8-13-7-14(3-5-15-13)18-10-11-4-6-17-9-11/h3,5,7,11-12,16H,1-2,4,6,8-10H2. The lowest BCUT2D eigenvalue weighted by Gasteiger charge is -2.11. The normalized spacial score (nSPS) is 23.2. The van der Waals surface area contributed by atoms with Crippen LogP contribution < -0.4 is 10.1 Å². The molecule has 1 aromatic heterocycles. The molecule has 1 aliphatic heterocycles. The van der Waals surface area contributed by atoms with E-state index in [1.165, 1.54) is 12.8 Å². The van der Waals surface area contributed by atoms with Crippen LogP contribution in [0.1, 0.15) is 25.0 Å². The van der Waals surface area contributed by atoms with E-state index in [1.807, 2.05) is 18.3 Å². The summed E-state index contributed by atoms with van der Waals surface area (Å²) in [5.41, 5.74) is 1.06. The number of aromatic nitrogens is 1. The molecule has 1 saturated carbocycles. The molecule has 4 heteroatoms. The molecule has 1 N–H and O–H groups in total. The lowest BCUT2D eigenvalue weighted by molar-refractivity contribution is 0.167. The fourth-order valence-corrected chi connectivity index (χ4v) is 2.11. The highest BCUT2D eigenvalue weighted by Gasteiger charge is 2.20. The largest absolute Gasteiger partial charge is 0.493 e. The average Bonchev–Trinajstić information content (AvgIpc) is 3.09. The second-order valence-electron chi connectivity index (χ2n) is 5.18. The van der Waals surface area contributed by atoms with E-state index in [0.29, 0.717) is 12.0 Å². The number of pyridine rings is 1. The van der Waals surface area contributed by atoms with Crippen LogP contribution in [0.25, 0.3) is 0 Å². The number of hydrogen-bond acceptors (Lipinski definition) is 4. The molecule has 0 bridgehead atoms. The van der Waals surface area contributed by atoms with Crippen LogP contribution in [0.2, 0.25) is 0 Å². The molecule has 0 amide bonds. The van der Waals surface area contributed by atoms with Gasteiger partial charge in [0.15, 0.2) is 0 Å². The molecule has 4 nitrogen and oxygen atoms in total. The summed E-state index contributed by atoms with van der Waals surface area (Å²) in [6, 6.07) is 4.67. The lowest BCUT2D eigenvalue weighted by atomic mass is 10.1. The summed E-state index contributed by atoms with van der Waals surface area (Å²) in [4.78, 5) is 4.35. The third kappa shape index (κ3) is 3.43. The second-order valence-corrected chi connectivity index (χ2v) is 5.18. The lowest BCUT2D eigenvalue weighted by Crippen LogP contribution is -2.16. The van der Waals surface area contributed by atoms with E-state index in [4.69, 9.17) is 9.47 Å². The molecule has 2 fully saturated rings. The van der Waals surface area contributed by atoms with Crippen LogP contribution in [0.15, 0.2) is 18.3 Å². The van der Waals surface area contributed by atoms with E-state index in [0.717, 1.165) is 44.2 Å². The van der Waals surface area contributed by atoms with Gasteiger partial charge in [-0.3, -0.25) is 4.98 Å². The fourth-order valence-electron chi connectivity index (χ4n) is 2.11. The number of rotatable bonds is 6. The molecule has 2 aliphatic rings. The molecule has 1 aromatic rings. The SMILES string of the molecule is c1cc(OCC2CCOC2)cc(CNC2CC2)n1. The topological polar surface area (TPSA) is 43.4 Å². The van der Waals surface area contributed by atoms with Crippen molar-refractivity contribution in [1.82, 2.24) is 10.3 Å². The Labute approximate surface area is 108 Å². The summed E-state index contributed by atoms with van der Waals surface area (Å²) >= 11 is 0. The second kappa shape index (κ2) is 5.67.